The van der Waals surface area contributed by atoms with E-state index >= 15 is 0 Å². The molecule has 1 amide bonds. The lowest BCUT2D eigenvalue weighted by Crippen LogP contribution is -2.40. The number of halogens is 3. The van der Waals surface area contributed by atoms with Crippen molar-refractivity contribution in [1.82, 2.24) is 4.90 Å². The molecule has 0 bridgehead atoms. The van der Waals surface area contributed by atoms with Crippen molar-refractivity contribution < 1.29 is 18.0 Å². The topological polar surface area (TPSA) is 32.7 Å². The summed E-state index contributed by atoms with van der Waals surface area (Å²) >= 11 is 0. The number of hydrogen-bond acceptors (Lipinski definition) is 2. The number of amides is 1. The SMILES string of the molecule is CN=C(C1=C(C)CCN(C(=O)CC2CC(c3cccc(C(F)(F)F)c3)C2)C1)c1ccccc1. The lowest BCUT2D eigenvalue weighted by atomic mass is 9.69. The maximum atomic E-state index is 13.0. The van der Waals surface area contributed by atoms with Crippen LogP contribution >= 0.6 is 0 Å². The van der Waals surface area contributed by atoms with Crippen LogP contribution < -0.4 is 0 Å². The van der Waals surface area contributed by atoms with Crippen molar-refractivity contribution in [2.45, 2.75) is 44.7 Å². The molecule has 174 valence electrons. The summed E-state index contributed by atoms with van der Waals surface area (Å²) in [5, 5.41) is 0. The number of carbonyl (C=O) groups excluding carboxylic acids is 1. The molecule has 1 saturated carbocycles. The number of aliphatic imine (C=N–C) groups is 1. The quantitative estimate of drug-likeness (QED) is 0.491. The Morgan fingerprint density at radius 2 is 1.82 bits per heavy atom. The molecule has 2 aromatic rings. The van der Waals surface area contributed by atoms with Gasteiger partial charge in [-0.2, -0.15) is 13.2 Å². The zero-order valence-electron chi connectivity index (χ0n) is 19.0. The van der Waals surface area contributed by atoms with Crippen LogP contribution in [-0.4, -0.2) is 36.7 Å². The van der Waals surface area contributed by atoms with Gasteiger partial charge in [0.1, 0.15) is 0 Å². The van der Waals surface area contributed by atoms with E-state index in [2.05, 4.69) is 11.9 Å². The Hall–Kier alpha value is -2.89. The van der Waals surface area contributed by atoms with Gasteiger partial charge in [0.2, 0.25) is 5.91 Å². The van der Waals surface area contributed by atoms with Gasteiger partial charge in [-0.05, 0) is 60.8 Å². The van der Waals surface area contributed by atoms with E-state index < -0.39 is 11.7 Å². The van der Waals surface area contributed by atoms with Crippen molar-refractivity contribution >= 4 is 11.6 Å². The minimum Gasteiger partial charge on any atom is -0.338 e. The minimum absolute atomic E-state index is 0.0982. The van der Waals surface area contributed by atoms with E-state index in [1.807, 2.05) is 35.2 Å². The number of alkyl halides is 3. The molecule has 4 rings (SSSR count). The maximum absolute atomic E-state index is 13.0. The molecule has 0 N–H and O–H groups in total. The molecule has 1 fully saturated rings. The van der Waals surface area contributed by atoms with Crippen LogP contribution in [0.15, 0.2) is 70.7 Å². The molecule has 0 spiro atoms. The standard InChI is InChI=1S/C27H29F3N2O/c1-18-11-12-32(17-24(18)26(31-2)20-7-4-3-5-8-20)25(33)15-19-13-22(14-19)21-9-6-10-23(16-21)27(28,29)30/h3-10,16,19,22H,11-15,17H2,1-2H3. The molecule has 0 radical (unpaired) electrons. The molecule has 0 atom stereocenters. The van der Waals surface area contributed by atoms with E-state index in [-0.39, 0.29) is 17.7 Å². The lowest BCUT2D eigenvalue weighted by molar-refractivity contribution is -0.137. The average molecular weight is 455 g/mol. The van der Waals surface area contributed by atoms with Gasteiger partial charge in [-0.25, -0.2) is 0 Å². The number of benzene rings is 2. The summed E-state index contributed by atoms with van der Waals surface area (Å²) in [4.78, 5) is 19.5. The normalized spacial score (nSPS) is 21.7. The summed E-state index contributed by atoms with van der Waals surface area (Å²) in [6, 6.07) is 15.6. The number of nitrogens with zero attached hydrogens (tertiary/aromatic N) is 2. The van der Waals surface area contributed by atoms with Gasteiger partial charge < -0.3 is 4.90 Å². The Morgan fingerprint density at radius 1 is 1.09 bits per heavy atom. The second kappa shape index (κ2) is 9.54. The first kappa shape index (κ1) is 23.3. The molecular formula is C27H29F3N2O. The molecule has 3 nitrogen and oxygen atoms in total. The average Bonchev–Trinajstić information content (AvgIpc) is 2.78. The summed E-state index contributed by atoms with van der Waals surface area (Å²) in [5.41, 5.74) is 4.47. The van der Waals surface area contributed by atoms with Gasteiger partial charge in [-0.1, -0.05) is 54.1 Å². The second-order valence-corrected chi connectivity index (χ2v) is 9.12. The molecule has 1 heterocycles. The van der Waals surface area contributed by atoms with Crippen molar-refractivity contribution in [2.24, 2.45) is 10.9 Å². The Morgan fingerprint density at radius 3 is 2.48 bits per heavy atom. The summed E-state index contributed by atoms with van der Waals surface area (Å²) < 4.78 is 39.0. The van der Waals surface area contributed by atoms with Crippen LogP contribution in [0.25, 0.3) is 0 Å². The van der Waals surface area contributed by atoms with E-state index in [4.69, 9.17) is 0 Å². The summed E-state index contributed by atoms with van der Waals surface area (Å²) in [7, 11) is 1.78. The molecule has 33 heavy (non-hydrogen) atoms. The van der Waals surface area contributed by atoms with E-state index in [1.54, 1.807) is 13.1 Å². The third-order valence-electron chi connectivity index (χ3n) is 6.91. The van der Waals surface area contributed by atoms with Crippen molar-refractivity contribution in [1.29, 1.82) is 0 Å². The predicted molar refractivity (Wildman–Crippen MR) is 124 cm³/mol. The predicted octanol–water partition coefficient (Wildman–Crippen LogP) is 6.26. The van der Waals surface area contributed by atoms with Gasteiger partial charge >= 0.3 is 6.18 Å². The Balaban J connectivity index is 1.36. The molecule has 1 aliphatic carbocycles. The van der Waals surface area contributed by atoms with Gasteiger partial charge in [0.05, 0.1) is 11.3 Å². The highest BCUT2D eigenvalue weighted by molar-refractivity contribution is 6.13. The summed E-state index contributed by atoms with van der Waals surface area (Å²) in [6.45, 7) is 3.36. The first-order valence-corrected chi connectivity index (χ1v) is 11.4. The molecule has 0 unspecified atom stereocenters. The monoisotopic (exact) mass is 454 g/mol. The maximum Gasteiger partial charge on any atom is 0.416 e. The largest absolute Gasteiger partial charge is 0.416 e. The molecule has 1 aliphatic heterocycles. The summed E-state index contributed by atoms with van der Waals surface area (Å²) in [6.07, 6.45) is -1.54. The highest BCUT2D eigenvalue weighted by Gasteiger charge is 2.36. The smallest absolute Gasteiger partial charge is 0.338 e. The zero-order chi connectivity index (χ0) is 23.6. The molecule has 6 heteroatoms. The van der Waals surface area contributed by atoms with Crippen LogP contribution in [0.1, 0.15) is 55.2 Å². The molecule has 2 aromatic carbocycles. The van der Waals surface area contributed by atoms with Crippen molar-refractivity contribution in [3.05, 3.63) is 82.4 Å². The molecular weight excluding hydrogens is 425 g/mol. The molecule has 0 saturated heterocycles. The lowest BCUT2D eigenvalue weighted by Gasteiger charge is -2.38. The highest BCUT2D eigenvalue weighted by Crippen LogP contribution is 2.44. The fourth-order valence-corrected chi connectivity index (χ4v) is 4.90. The van der Waals surface area contributed by atoms with Crippen LogP contribution in [0.3, 0.4) is 0 Å². The van der Waals surface area contributed by atoms with E-state index in [1.165, 1.54) is 17.7 Å². The van der Waals surface area contributed by atoms with Gasteiger partial charge in [-0.3, -0.25) is 9.79 Å². The Labute approximate surface area is 193 Å². The zero-order valence-corrected chi connectivity index (χ0v) is 19.0. The van der Waals surface area contributed by atoms with E-state index in [0.717, 1.165) is 47.7 Å². The van der Waals surface area contributed by atoms with Crippen molar-refractivity contribution in [3.8, 4) is 0 Å². The van der Waals surface area contributed by atoms with Gasteiger partial charge in [0.25, 0.3) is 0 Å². The van der Waals surface area contributed by atoms with Gasteiger partial charge in [-0.15, -0.1) is 0 Å². The number of carbonyl (C=O) groups is 1. The van der Waals surface area contributed by atoms with Gasteiger partial charge in [0, 0.05) is 26.6 Å². The fourth-order valence-electron chi connectivity index (χ4n) is 4.90. The van der Waals surface area contributed by atoms with Crippen molar-refractivity contribution in [3.63, 3.8) is 0 Å². The van der Waals surface area contributed by atoms with Crippen LogP contribution in [0.5, 0.6) is 0 Å². The second-order valence-electron chi connectivity index (χ2n) is 9.12. The first-order valence-electron chi connectivity index (χ1n) is 11.4. The third kappa shape index (κ3) is 5.21. The van der Waals surface area contributed by atoms with Crippen LogP contribution in [-0.2, 0) is 11.0 Å². The fraction of sp³-hybridized carbons (Fsp3) is 0.407. The Kier molecular flexibility index (Phi) is 6.73. The first-order chi connectivity index (χ1) is 15.8. The molecule has 2 aliphatic rings. The molecule has 0 aromatic heterocycles. The van der Waals surface area contributed by atoms with Gasteiger partial charge in [0.15, 0.2) is 0 Å². The third-order valence-corrected chi connectivity index (χ3v) is 6.91. The van der Waals surface area contributed by atoms with Crippen LogP contribution in [0.2, 0.25) is 0 Å². The Bertz CT molecular complexity index is 1070. The number of hydrogen-bond donors (Lipinski definition) is 0. The van der Waals surface area contributed by atoms with Crippen LogP contribution in [0, 0.1) is 5.92 Å². The minimum atomic E-state index is -4.33. The van der Waals surface area contributed by atoms with Crippen LogP contribution in [0.4, 0.5) is 13.2 Å². The van der Waals surface area contributed by atoms with E-state index in [0.29, 0.717) is 19.5 Å². The summed E-state index contributed by atoms with van der Waals surface area (Å²) in [5.74, 6) is 0.443. The van der Waals surface area contributed by atoms with E-state index in [9.17, 15) is 18.0 Å². The highest BCUT2D eigenvalue weighted by atomic mass is 19.4. The number of rotatable bonds is 5. The van der Waals surface area contributed by atoms with Crippen molar-refractivity contribution in [2.75, 3.05) is 20.1 Å².